The van der Waals surface area contributed by atoms with Crippen molar-refractivity contribution in [2.45, 2.75) is 6.42 Å². The van der Waals surface area contributed by atoms with Crippen LogP contribution in [-0.2, 0) is 6.42 Å². The maximum atomic E-state index is 12.2. The summed E-state index contributed by atoms with van der Waals surface area (Å²) in [5, 5.41) is 22.8. The number of benzene rings is 2. The van der Waals surface area contributed by atoms with Gasteiger partial charge in [0.05, 0.1) is 12.5 Å². The molecule has 0 aliphatic carbocycles. The molecule has 5 heteroatoms. The largest absolute Gasteiger partial charge is 0.507 e. The lowest BCUT2D eigenvalue weighted by Crippen LogP contribution is -2.04. The maximum absolute atomic E-state index is 12.2. The lowest BCUT2D eigenvalue weighted by molar-refractivity contribution is 0.478. The highest BCUT2D eigenvalue weighted by Crippen LogP contribution is 2.39. The number of aromatic amines is 1. The van der Waals surface area contributed by atoms with E-state index in [0.717, 1.165) is 21.9 Å². The Morgan fingerprint density at radius 2 is 1.92 bits per heavy atom. The van der Waals surface area contributed by atoms with E-state index in [0.29, 0.717) is 22.2 Å². The zero-order valence-corrected chi connectivity index (χ0v) is 13.4. The molecule has 0 saturated heterocycles. The van der Waals surface area contributed by atoms with Crippen LogP contribution in [0.1, 0.15) is 5.56 Å². The molecule has 0 radical (unpaired) electrons. The van der Waals surface area contributed by atoms with Gasteiger partial charge in [-0.1, -0.05) is 24.3 Å². The summed E-state index contributed by atoms with van der Waals surface area (Å²) in [5.74, 6) is 0.162. The van der Waals surface area contributed by atoms with Crippen LogP contribution in [0.4, 0.5) is 0 Å². The highest BCUT2D eigenvalue weighted by Gasteiger charge is 2.15. The van der Waals surface area contributed by atoms with Gasteiger partial charge in [0.2, 0.25) is 0 Å². The zero-order valence-electron chi connectivity index (χ0n) is 12.5. The van der Waals surface area contributed by atoms with Crippen molar-refractivity contribution in [3.63, 3.8) is 0 Å². The molecular weight excluding hydrogens is 320 g/mol. The molecule has 2 aromatic carbocycles. The molecule has 4 nitrogen and oxygen atoms in total. The van der Waals surface area contributed by atoms with Gasteiger partial charge in [0.15, 0.2) is 0 Å². The van der Waals surface area contributed by atoms with Gasteiger partial charge in [-0.25, -0.2) is 0 Å². The molecule has 0 atom stereocenters. The number of aromatic nitrogens is 1. The van der Waals surface area contributed by atoms with E-state index in [-0.39, 0.29) is 11.3 Å². The van der Waals surface area contributed by atoms with E-state index in [4.69, 9.17) is 5.26 Å². The number of H-pyrrole nitrogens is 1. The number of pyridine rings is 1. The van der Waals surface area contributed by atoms with Crippen LogP contribution >= 0.6 is 11.3 Å². The standard InChI is InChI=1S/C19H12N2O2S/c20-9-7-11-1-3-12(4-2-11)16-15(22)6-5-14-17(16)13-8-10-24-18(13)19(23)21-14/h1-6,8,10,22H,7H2,(H,21,23). The number of hydrogen-bond donors (Lipinski definition) is 2. The normalized spacial score (nSPS) is 11.0. The summed E-state index contributed by atoms with van der Waals surface area (Å²) >= 11 is 1.39. The van der Waals surface area contributed by atoms with Crippen molar-refractivity contribution in [3.05, 3.63) is 63.8 Å². The monoisotopic (exact) mass is 332 g/mol. The molecule has 0 saturated carbocycles. The average molecular weight is 332 g/mol. The molecule has 4 aromatic rings. The molecular formula is C19H12N2O2S. The van der Waals surface area contributed by atoms with Gasteiger partial charge in [-0.05, 0) is 34.7 Å². The summed E-state index contributed by atoms with van der Waals surface area (Å²) in [6, 6.07) is 14.9. The minimum Gasteiger partial charge on any atom is -0.507 e. The molecule has 24 heavy (non-hydrogen) atoms. The Morgan fingerprint density at radius 1 is 1.12 bits per heavy atom. The number of fused-ring (bicyclic) bond motifs is 3. The third kappa shape index (κ3) is 2.16. The second kappa shape index (κ2) is 5.52. The van der Waals surface area contributed by atoms with Crippen molar-refractivity contribution in [1.82, 2.24) is 4.98 Å². The Labute approximate surface area is 141 Å². The molecule has 0 amide bonds. The van der Waals surface area contributed by atoms with Crippen LogP contribution in [0.5, 0.6) is 5.75 Å². The van der Waals surface area contributed by atoms with Crippen LogP contribution in [0.3, 0.4) is 0 Å². The van der Waals surface area contributed by atoms with Gasteiger partial charge >= 0.3 is 0 Å². The molecule has 0 bridgehead atoms. The number of rotatable bonds is 2. The molecule has 4 rings (SSSR count). The predicted molar refractivity (Wildman–Crippen MR) is 96.4 cm³/mol. The number of nitriles is 1. The highest BCUT2D eigenvalue weighted by atomic mass is 32.1. The van der Waals surface area contributed by atoms with E-state index >= 15 is 0 Å². The fraction of sp³-hybridized carbons (Fsp3) is 0.0526. The molecule has 2 aromatic heterocycles. The first-order valence-electron chi connectivity index (χ1n) is 7.40. The van der Waals surface area contributed by atoms with Crippen LogP contribution in [0, 0.1) is 11.3 Å². The van der Waals surface area contributed by atoms with Crippen LogP contribution in [-0.4, -0.2) is 10.1 Å². The van der Waals surface area contributed by atoms with Crippen molar-refractivity contribution < 1.29 is 5.11 Å². The van der Waals surface area contributed by atoms with Crippen molar-refractivity contribution in [2.75, 3.05) is 0 Å². The molecule has 2 N–H and O–H groups in total. The molecule has 0 aliphatic heterocycles. The van der Waals surface area contributed by atoms with Gasteiger partial charge in [-0.15, -0.1) is 11.3 Å². The van der Waals surface area contributed by atoms with Gasteiger partial charge in [0, 0.05) is 21.9 Å². The van der Waals surface area contributed by atoms with Gasteiger partial charge in [0.1, 0.15) is 10.4 Å². The van der Waals surface area contributed by atoms with Gasteiger partial charge < -0.3 is 10.1 Å². The summed E-state index contributed by atoms with van der Waals surface area (Å²) in [6.07, 6.45) is 0.351. The zero-order chi connectivity index (χ0) is 16.7. The summed E-state index contributed by atoms with van der Waals surface area (Å²) in [6.45, 7) is 0. The van der Waals surface area contributed by atoms with E-state index in [2.05, 4.69) is 11.1 Å². The number of phenols is 1. The van der Waals surface area contributed by atoms with Crippen molar-refractivity contribution in [2.24, 2.45) is 0 Å². The molecule has 2 heterocycles. The van der Waals surface area contributed by atoms with E-state index in [1.807, 2.05) is 35.7 Å². The molecule has 0 unspecified atom stereocenters. The Bertz CT molecular complexity index is 1160. The summed E-state index contributed by atoms with van der Waals surface area (Å²) < 4.78 is 0.649. The molecule has 0 fully saturated rings. The first-order chi connectivity index (χ1) is 11.7. The topological polar surface area (TPSA) is 76.9 Å². The van der Waals surface area contributed by atoms with E-state index in [9.17, 15) is 9.90 Å². The minimum atomic E-state index is -0.117. The van der Waals surface area contributed by atoms with Crippen molar-refractivity contribution in [3.8, 4) is 22.9 Å². The Morgan fingerprint density at radius 3 is 2.67 bits per heavy atom. The lowest BCUT2D eigenvalue weighted by atomic mass is 9.96. The second-order valence-corrected chi connectivity index (χ2v) is 6.45. The van der Waals surface area contributed by atoms with Crippen LogP contribution in [0.2, 0.25) is 0 Å². The van der Waals surface area contributed by atoms with E-state index in [1.54, 1.807) is 12.1 Å². The quantitative estimate of drug-likeness (QED) is 0.578. The Hall–Kier alpha value is -3.10. The number of hydrogen-bond acceptors (Lipinski definition) is 4. The first-order valence-corrected chi connectivity index (χ1v) is 8.28. The van der Waals surface area contributed by atoms with E-state index in [1.165, 1.54) is 11.3 Å². The third-order valence-corrected chi connectivity index (χ3v) is 5.01. The van der Waals surface area contributed by atoms with Crippen molar-refractivity contribution >= 4 is 32.3 Å². The second-order valence-electron chi connectivity index (χ2n) is 5.53. The average Bonchev–Trinajstić information content (AvgIpc) is 3.07. The minimum absolute atomic E-state index is 0.117. The van der Waals surface area contributed by atoms with Crippen LogP contribution < -0.4 is 5.56 Å². The van der Waals surface area contributed by atoms with Crippen LogP contribution in [0.15, 0.2) is 52.6 Å². The van der Waals surface area contributed by atoms with E-state index < -0.39 is 0 Å². The van der Waals surface area contributed by atoms with Crippen molar-refractivity contribution in [1.29, 1.82) is 5.26 Å². The van der Waals surface area contributed by atoms with Gasteiger partial charge in [-0.3, -0.25) is 4.79 Å². The molecule has 116 valence electrons. The SMILES string of the molecule is N#CCc1ccc(-c2c(O)ccc3[nH]c(=O)c4sccc4c23)cc1. The number of thiophene rings is 1. The fourth-order valence-electron chi connectivity index (χ4n) is 3.01. The Kier molecular flexibility index (Phi) is 3.33. The number of nitrogens with one attached hydrogen (secondary N) is 1. The third-order valence-electron chi connectivity index (χ3n) is 4.10. The maximum Gasteiger partial charge on any atom is 0.266 e. The Balaban J connectivity index is 2.07. The predicted octanol–water partition coefficient (Wildman–Crippen LogP) is 4.18. The fourth-order valence-corrected chi connectivity index (χ4v) is 3.80. The number of phenolic OH excluding ortho intramolecular Hbond substituents is 1. The highest BCUT2D eigenvalue weighted by molar-refractivity contribution is 7.17. The summed E-state index contributed by atoms with van der Waals surface area (Å²) in [4.78, 5) is 15.1. The van der Waals surface area contributed by atoms with Gasteiger partial charge in [-0.2, -0.15) is 5.26 Å². The lowest BCUT2D eigenvalue weighted by Gasteiger charge is -2.11. The first kappa shape index (κ1) is 14.5. The molecule has 0 spiro atoms. The number of nitrogens with zero attached hydrogens (tertiary/aromatic N) is 1. The smallest absolute Gasteiger partial charge is 0.266 e. The summed E-state index contributed by atoms with van der Waals surface area (Å²) in [7, 11) is 0. The van der Waals surface area contributed by atoms with Crippen LogP contribution in [0.25, 0.3) is 32.1 Å². The summed E-state index contributed by atoms with van der Waals surface area (Å²) in [5.41, 5.74) is 3.04. The number of aromatic hydroxyl groups is 1. The van der Waals surface area contributed by atoms with Gasteiger partial charge in [0.25, 0.3) is 5.56 Å². The molecule has 0 aliphatic rings.